The molecule has 0 aromatic heterocycles. The van der Waals surface area contributed by atoms with Crippen molar-refractivity contribution in [2.45, 2.75) is 57.6 Å². The maximum atomic E-state index is 10.8. The topological polar surface area (TPSA) is 35.5 Å². The van der Waals surface area contributed by atoms with E-state index in [0.717, 1.165) is 44.8 Å². The van der Waals surface area contributed by atoms with E-state index in [2.05, 4.69) is 24.1 Å². The van der Waals surface area contributed by atoms with Crippen molar-refractivity contribution in [2.24, 2.45) is 5.92 Å². The Bertz CT molecular complexity index is 236. The summed E-state index contributed by atoms with van der Waals surface area (Å²) in [5.74, 6) is 0.763. The highest BCUT2D eigenvalue weighted by atomic mass is 16.3. The SMILES string of the molecule is CCCN1CCC(O)(C2CC(C)CCN2)CC1. The summed E-state index contributed by atoms with van der Waals surface area (Å²) in [5.41, 5.74) is -0.446. The summed E-state index contributed by atoms with van der Waals surface area (Å²) in [5, 5.41) is 14.3. The van der Waals surface area contributed by atoms with Crippen LogP contribution in [0.5, 0.6) is 0 Å². The molecule has 2 rings (SSSR count). The molecular formula is C14H28N2O. The zero-order chi connectivity index (χ0) is 12.3. The van der Waals surface area contributed by atoms with E-state index in [1.54, 1.807) is 0 Å². The standard InChI is InChI=1S/C14H28N2O/c1-3-8-16-9-5-14(17,6-10-16)13-11-12(2)4-7-15-13/h12-13,15,17H,3-11H2,1-2H3. The third-order valence-electron chi connectivity index (χ3n) is 4.58. The van der Waals surface area contributed by atoms with Crippen molar-refractivity contribution in [3.63, 3.8) is 0 Å². The molecule has 2 aliphatic rings. The first-order chi connectivity index (χ1) is 8.14. The summed E-state index contributed by atoms with van der Waals surface area (Å²) in [6.45, 7) is 8.93. The normalized spacial score (nSPS) is 34.8. The van der Waals surface area contributed by atoms with Gasteiger partial charge in [0, 0.05) is 19.1 Å². The van der Waals surface area contributed by atoms with Gasteiger partial charge in [0.05, 0.1) is 5.60 Å². The summed E-state index contributed by atoms with van der Waals surface area (Å²) in [6, 6.07) is 0.329. The molecule has 2 aliphatic heterocycles. The fraction of sp³-hybridized carbons (Fsp3) is 1.00. The van der Waals surface area contributed by atoms with E-state index in [4.69, 9.17) is 0 Å². The Morgan fingerprint density at radius 1 is 1.35 bits per heavy atom. The van der Waals surface area contributed by atoms with Crippen molar-refractivity contribution in [1.29, 1.82) is 0 Å². The fourth-order valence-electron chi connectivity index (χ4n) is 3.35. The number of hydrogen-bond donors (Lipinski definition) is 2. The van der Waals surface area contributed by atoms with E-state index in [1.165, 1.54) is 19.4 Å². The summed E-state index contributed by atoms with van der Waals surface area (Å²) < 4.78 is 0. The largest absolute Gasteiger partial charge is 0.388 e. The van der Waals surface area contributed by atoms with Gasteiger partial charge in [0.15, 0.2) is 0 Å². The summed E-state index contributed by atoms with van der Waals surface area (Å²) >= 11 is 0. The van der Waals surface area contributed by atoms with Crippen LogP contribution in [0.2, 0.25) is 0 Å². The Labute approximate surface area is 106 Å². The average molecular weight is 240 g/mol. The van der Waals surface area contributed by atoms with Crippen molar-refractivity contribution in [1.82, 2.24) is 10.2 Å². The van der Waals surface area contributed by atoms with E-state index in [-0.39, 0.29) is 0 Å². The van der Waals surface area contributed by atoms with Gasteiger partial charge in [0.2, 0.25) is 0 Å². The van der Waals surface area contributed by atoms with Crippen LogP contribution in [-0.2, 0) is 0 Å². The zero-order valence-corrected chi connectivity index (χ0v) is 11.4. The maximum Gasteiger partial charge on any atom is 0.0824 e. The van der Waals surface area contributed by atoms with Gasteiger partial charge in [0.25, 0.3) is 0 Å². The molecule has 2 N–H and O–H groups in total. The molecule has 2 unspecified atom stereocenters. The van der Waals surface area contributed by atoms with Gasteiger partial charge in [0.1, 0.15) is 0 Å². The zero-order valence-electron chi connectivity index (χ0n) is 11.4. The van der Waals surface area contributed by atoms with E-state index < -0.39 is 5.60 Å². The van der Waals surface area contributed by atoms with Crippen LogP contribution in [0, 0.1) is 5.92 Å². The first-order valence-corrected chi connectivity index (χ1v) is 7.32. The summed E-state index contributed by atoms with van der Waals surface area (Å²) in [7, 11) is 0. The number of hydrogen-bond acceptors (Lipinski definition) is 3. The molecule has 0 aromatic carbocycles. The van der Waals surface area contributed by atoms with Crippen molar-refractivity contribution in [3.8, 4) is 0 Å². The van der Waals surface area contributed by atoms with E-state index in [9.17, 15) is 5.11 Å². The minimum atomic E-state index is -0.446. The highest BCUT2D eigenvalue weighted by Gasteiger charge is 2.40. The second-order valence-corrected chi connectivity index (χ2v) is 6.08. The molecule has 2 fully saturated rings. The average Bonchev–Trinajstić information content (AvgIpc) is 2.33. The molecule has 0 amide bonds. The van der Waals surface area contributed by atoms with Crippen LogP contribution in [0.25, 0.3) is 0 Å². The highest BCUT2D eigenvalue weighted by molar-refractivity contribution is 4.97. The number of nitrogens with one attached hydrogen (secondary N) is 1. The molecule has 2 atom stereocenters. The van der Waals surface area contributed by atoms with Gasteiger partial charge < -0.3 is 15.3 Å². The number of likely N-dealkylation sites (tertiary alicyclic amines) is 1. The predicted octanol–water partition coefficient (Wildman–Crippen LogP) is 1.61. The maximum absolute atomic E-state index is 10.8. The first kappa shape index (κ1) is 13.3. The van der Waals surface area contributed by atoms with Crippen molar-refractivity contribution in [3.05, 3.63) is 0 Å². The highest BCUT2D eigenvalue weighted by Crippen LogP contribution is 2.31. The monoisotopic (exact) mass is 240 g/mol. The molecular weight excluding hydrogens is 212 g/mol. The van der Waals surface area contributed by atoms with Crippen molar-refractivity contribution in [2.75, 3.05) is 26.2 Å². The van der Waals surface area contributed by atoms with Gasteiger partial charge in [-0.3, -0.25) is 0 Å². The number of rotatable bonds is 3. The lowest BCUT2D eigenvalue weighted by Gasteiger charge is -2.45. The van der Waals surface area contributed by atoms with Crippen molar-refractivity contribution < 1.29 is 5.11 Å². The van der Waals surface area contributed by atoms with Crippen LogP contribution in [0.15, 0.2) is 0 Å². The Morgan fingerprint density at radius 2 is 2.06 bits per heavy atom. The fourth-order valence-corrected chi connectivity index (χ4v) is 3.35. The minimum absolute atomic E-state index is 0.329. The Morgan fingerprint density at radius 3 is 2.65 bits per heavy atom. The molecule has 2 heterocycles. The van der Waals surface area contributed by atoms with Crippen LogP contribution < -0.4 is 5.32 Å². The molecule has 3 heteroatoms. The van der Waals surface area contributed by atoms with Crippen LogP contribution >= 0.6 is 0 Å². The number of nitrogens with zero attached hydrogens (tertiary/aromatic N) is 1. The molecule has 0 aromatic rings. The quantitative estimate of drug-likeness (QED) is 0.787. The van der Waals surface area contributed by atoms with Crippen LogP contribution in [0.1, 0.15) is 46.0 Å². The smallest absolute Gasteiger partial charge is 0.0824 e. The predicted molar refractivity (Wildman–Crippen MR) is 71.1 cm³/mol. The van der Waals surface area contributed by atoms with Crippen LogP contribution in [-0.4, -0.2) is 47.8 Å². The molecule has 2 saturated heterocycles. The second-order valence-electron chi connectivity index (χ2n) is 6.08. The number of piperidine rings is 2. The van der Waals surface area contributed by atoms with Crippen LogP contribution in [0.3, 0.4) is 0 Å². The molecule has 3 nitrogen and oxygen atoms in total. The van der Waals surface area contributed by atoms with Gasteiger partial charge in [-0.2, -0.15) is 0 Å². The summed E-state index contributed by atoms with van der Waals surface area (Å²) in [4.78, 5) is 2.49. The molecule has 17 heavy (non-hydrogen) atoms. The van der Waals surface area contributed by atoms with Gasteiger partial charge in [-0.25, -0.2) is 0 Å². The lowest BCUT2D eigenvalue weighted by Crippen LogP contribution is -2.58. The molecule has 0 bridgehead atoms. The Hall–Kier alpha value is -0.120. The van der Waals surface area contributed by atoms with Gasteiger partial charge in [-0.05, 0) is 51.1 Å². The Kier molecular flexibility index (Phi) is 4.45. The third kappa shape index (κ3) is 3.21. The van der Waals surface area contributed by atoms with Gasteiger partial charge in [-0.1, -0.05) is 13.8 Å². The van der Waals surface area contributed by atoms with E-state index >= 15 is 0 Å². The van der Waals surface area contributed by atoms with Gasteiger partial charge in [-0.15, -0.1) is 0 Å². The Balaban J connectivity index is 1.87. The number of aliphatic hydroxyl groups is 1. The van der Waals surface area contributed by atoms with Crippen molar-refractivity contribution >= 4 is 0 Å². The molecule has 0 aliphatic carbocycles. The molecule has 0 saturated carbocycles. The van der Waals surface area contributed by atoms with Crippen LogP contribution in [0.4, 0.5) is 0 Å². The molecule has 0 radical (unpaired) electrons. The third-order valence-corrected chi connectivity index (χ3v) is 4.58. The minimum Gasteiger partial charge on any atom is -0.388 e. The summed E-state index contributed by atoms with van der Waals surface area (Å²) in [6.07, 6.45) is 5.50. The second kappa shape index (κ2) is 5.68. The van der Waals surface area contributed by atoms with E-state index in [0.29, 0.717) is 6.04 Å². The first-order valence-electron chi connectivity index (χ1n) is 7.32. The van der Waals surface area contributed by atoms with E-state index in [1.807, 2.05) is 0 Å². The lowest BCUT2D eigenvalue weighted by atomic mass is 9.78. The van der Waals surface area contributed by atoms with Gasteiger partial charge >= 0.3 is 0 Å². The lowest BCUT2D eigenvalue weighted by molar-refractivity contribution is -0.0602. The molecule has 100 valence electrons. The molecule has 0 spiro atoms.